The third kappa shape index (κ3) is 10.0. The van der Waals surface area contributed by atoms with E-state index in [-0.39, 0.29) is 35.6 Å². The normalized spacial score (nSPS) is 18.7. The molecule has 0 spiro atoms. The second-order valence-electron chi connectivity index (χ2n) is 11.8. The van der Waals surface area contributed by atoms with Crippen molar-refractivity contribution in [2.45, 2.75) is 85.1 Å². The highest BCUT2D eigenvalue weighted by atomic mass is 16.5. The fourth-order valence-corrected chi connectivity index (χ4v) is 4.77. The second kappa shape index (κ2) is 16.1. The number of nitrogens with one attached hydrogen (secondary N) is 3. The van der Waals surface area contributed by atoms with Crippen LogP contribution < -0.4 is 21.7 Å². The van der Waals surface area contributed by atoms with Crippen LogP contribution in [0.15, 0.2) is 54.3 Å². The summed E-state index contributed by atoms with van der Waals surface area (Å²) in [6.07, 6.45) is 6.67. The van der Waals surface area contributed by atoms with Crippen molar-refractivity contribution in [3.8, 4) is 0 Å². The minimum atomic E-state index is -0.843. The van der Waals surface area contributed by atoms with E-state index in [1.807, 2.05) is 70.0 Å². The molecule has 0 saturated heterocycles. The van der Waals surface area contributed by atoms with Gasteiger partial charge in [0.1, 0.15) is 18.1 Å². The van der Waals surface area contributed by atoms with Gasteiger partial charge in [0.05, 0.1) is 19.2 Å². The van der Waals surface area contributed by atoms with Gasteiger partial charge in [-0.05, 0) is 62.2 Å². The molecule has 0 bridgehead atoms. The predicted molar refractivity (Wildman–Crippen MR) is 164 cm³/mol. The molecule has 1 aliphatic heterocycles. The SMILES string of the molecule is COC(=O)[C@@H](NC(=O)[C@@H](NC(=O)[C@H](C)N1C=CC([C@H](C)NC(=O)[C@H](C)N)=C[C@@H](Cc2ccccc2)C1)C(C)C)C(C)C. The fourth-order valence-electron chi connectivity index (χ4n) is 4.77. The molecule has 5 N–H and O–H groups in total. The predicted octanol–water partition coefficient (Wildman–Crippen LogP) is 2.30. The van der Waals surface area contributed by atoms with Crippen LogP contribution in [0.5, 0.6) is 0 Å². The molecule has 0 unspecified atom stereocenters. The van der Waals surface area contributed by atoms with Crippen molar-refractivity contribution in [2.24, 2.45) is 23.5 Å². The van der Waals surface area contributed by atoms with Crippen LogP contribution in [0.4, 0.5) is 0 Å². The van der Waals surface area contributed by atoms with Crippen LogP contribution in [0, 0.1) is 17.8 Å². The van der Waals surface area contributed by atoms with Crippen LogP contribution in [0.1, 0.15) is 54.0 Å². The van der Waals surface area contributed by atoms with E-state index in [4.69, 9.17) is 10.5 Å². The Hall–Kier alpha value is -3.66. The molecule has 10 nitrogen and oxygen atoms in total. The number of hydrogen-bond donors (Lipinski definition) is 4. The number of nitrogens with zero attached hydrogens (tertiary/aromatic N) is 1. The molecule has 232 valence electrons. The molecule has 1 heterocycles. The molecule has 1 aromatic rings. The molecule has 0 radical (unpaired) electrons. The molecule has 3 amide bonds. The Kier molecular flexibility index (Phi) is 13.2. The van der Waals surface area contributed by atoms with Gasteiger partial charge < -0.3 is 31.3 Å². The average Bonchev–Trinajstić information content (AvgIpc) is 3.16. The van der Waals surface area contributed by atoms with E-state index in [1.165, 1.54) is 7.11 Å². The number of benzene rings is 1. The van der Waals surface area contributed by atoms with E-state index >= 15 is 0 Å². The van der Waals surface area contributed by atoms with E-state index in [1.54, 1.807) is 13.8 Å². The number of methoxy groups -OCH3 is 1. The van der Waals surface area contributed by atoms with E-state index in [2.05, 4.69) is 34.2 Å². The van der Waals surface area contributed by atoms with Crippen LogP contribution in [0.3, 0.4) is 0 Å². The minimum Gasteiger partial charge on any atom is -0.467 e. The Labute approximate surface area is 250 Å². The highest BCUT2D eigenvalue weighted by Gasteiger charge is 2.33. The van der Waals surface area contributed by atoms with Gasteiger partial charge >= 0.3 is 5.97 Å². The highest BCUT2D eigenvalue weighted by Crippen LogP contribution is 2.22. The van der Waals surface area contributed by atoms with Gasteiger partial charge in [-0.15, -0.1) is 0 Å². The highest BCUT2D eigenvalue weighted by molar-refractivity contribution is 5.92. The Morgan fingerprint density at radius 2 is 1.48 bits per heavy atom. The number of hydrogen-bond acceptors (Lipinski definition) is 7. The average molecular weight is 584 g/mol. The first-order valence-corrected chi connectivity index (χ1v) is 14.7. The zero-order valence-corrected chi connectivity index (χ0v) is 26.2. The number of carbonyl (C=O) groups is 4. The van der Waals surface area contributed by atoms with Crippen molar-refractivity contribution in [3.63, 3.8) is 0 Å². The summed E-state index contributed by atoms with van der Waals surface area (Å²) < 4.78 is 4.85. The summed E-state index contributed by atoms with van der Waals surface area (Å²) >= 11 is 0. The first kappa shape index (κ1) is 34.5. The van der Waals surface area contributed by atoms with Gasteiger partial charge in [-0.3, -0.25) is 14.4 Å². The first-order valence-electron chi connectivity index (χ1n) is 14.7. The molecule has 0 saturated carbocycles. The molecule has 6 atom stereocenters. The second-order valence-corrected chi connectivity index (χ2v) is 11.8. The molecular formula is C32H49N5O5. The van der Waals surface area contributed by atoms with Crippen LogP contribution in [0.2, 0.25) is 0 Å². The van der Waals surface area contributed by atoms with Crippen molar-refractivity contribution >= 4 is 23.7 Å². The molecular weight excluding hydrogens is 534 g/mol. The smallest absolute Gasteiger partial charge is 0.328 e. The lowest BCUT2D eigenvalue weighted by molar-refractivity contribution is -0.147. The van der Waals surface area contributed by atoms with Gasteiger partial charge in [-0.2, -0.15) is 0 Å². The topological polar surface area (TPSA) is 143 Å². The van der Waals surface area contributed by atoms with Crippen LogP contribution in [-0.2, 0) is 30.3 Å². The summed E-state index contributed by atoms with van der Waals surface area (Å²) in [6, 6.07) is 6.93. The Balaban J connectivity index is 2.25. The molecule has 1 aliphatic rings. The molecule has 0 aromatic heterocycles. The zero-order chi connectivity index (χ0) is 31.6. The number of carbonyl (C=O) groups excluding carboxylic acids is 4. The summed E-state index contributed by atoms with van der Waals surface area (Å²) in [4.78, 5) is 53.2. The number of amides is 3. The number of rotatable bonds is 13. The lowest BCUT2D eigenvalue weighted by Crippen LogP contribution is -2.57. The molecule has 0 fully saturated rings. The maximum atomic E-state index is 13.5. The Morgan fingerprint density at radius 1 is 0.881 bits per heavy atom. The van der Waals surface area contributed by atoms with Crippen molar-refractivity contribution in [2.75, 3.05) is 13.7 Å². The molecule has 2 rings (SSSR count). The zero-order valence-electron chi connectivity index (χ0n) is 26.2. The van der Waals surface area contributed by atoms with Gasteiger partial charge in [0.25, 0.3) is 0 Å². The van der Waals surface area contributed by atoms with Gasteiger partial charge in [0.2, 0.25) is 17.7 Å². The van der Waals surface area contributed by atoms with E-state index in [9.17, 15) is 19.2 Å². The first-order chi connectivity index (χ1) is 19.7. The van der Waals surface area contributed by atoms with E-state index < -0.39 is 36.0 Å². The van der Waals surface area contributed by atoms with Crippen molar-refractivity contribution in [1.82, 2.24) is 20.9 Å². The maximum absolute atomic E-state index is 13.5. The lowest BCUT2D eigenvalue weighted by Gasteiger charge is -2.31. The van der Waals surface area contributed by atoms with Crippen molar-refractivity contribution in [3.05, 3.63) is 59.8 Å². The van der Waals surface area contributed by atoms with Crippen LogP contribution in [0.25, 0.3) is 0 Å². The summed E-state index contributed by atoms with van der Waals surface area (Å²) in [7, 11) is 1.28. The maximum Gasteiger partial charge on any atom is 0.328 e. The minimum absolute atomic E-state index is 0.0401. The Morgan fingerprint density at radius 3 is 2.02 bits per heavy atom. The monoisotopic (exact) mass is 583 g/mol. The Bertz CT molecular complexity index is 1130. The molecule has 42 heavy (non-hydrogen) atoms. The summed E-state index contributed by atoms with van der Waals surface area (Å²) in [5.41, 5.74) is 7.84. The van der Waals surface area contributed by atoms with E-state index in [0.29, 0.717) is 6.54 Å². The molecule has 10 heteroatoms. The largest absolute Gasteiger partial charge is 0.467 e. The van der Waals surface area contributed by atoms with Gasteiger partial charge in [0, 0.05) is 12.7 Å². The third-order valence-electron chi connectivity index (χ3n) is 7.49. The molecule has 1 aromatic carbocycles. The fraction of sp³-hybridized carbons (Fsp3) is 0.562. The number of esters is 1. The van der Waals surface area contributed by atoms with E-state index in [0.717, 1.165) is 17.6 Å². The van der Waals surface area contributed by atoms with Gasteiger partial charge in [-0.25, -0.2) is 4.79 Å². The standard InChI is InChI=1S/C32H49N5O5/c1-19(2)27(31(40)36-28(20(3)4)32(41)42-8)35-30(39)23(7)37-15-14-26(22(6)34-29(38)21(5)33)17-25(18-37)16-24-12-10-9-11-13-24/h9-15,17,19-23,25,27-28H,16,18,33H2,1-8H3,(H,34,38)(H,35,39)(H,36,40)/t21-,22-,23-,25+,27-,28-/m0/s1. The van der Waals surface area contributed by atoms with Crippen LogP contribution in [-0.4, -0.2) is 72.5 Å². The molecule has 0 aliphatic carbocycles. The lowest BCUT2D eigenvalue weighted by atomic mass is 9.95. The van der Waals surface area contributed by atoms with Gasteiger partial charge in [-0.1, -0.05) is 64.1 Å². The van der Waals surface area contributed by atoms with Crippen molar-refractivity contribution in [1.29, 1.82) is 0 Å². The quantitative estimate of drug-likeness (QED) is 0.261. The summed E-state index contributed by atoms with van der Waals surface area (Å²) in [6.45, 7) is 13.2. The third-order valence-corrected chi connectivity index (χ3v) is 7.49. The van der Waals surface area contributed by atoms with Crippen LogP contribution >= 0.6 is 0 Å². The van der Waals surface area contributed by atoms with Gasteiger partial charge in [0.15, 0.2) is 0 Å². The summed E-state index contributed by atoms with van der Waals surface area (Å²) in [5.74, 6) is -1.89. The number of nitrogens with two attached hydrogens (primary N) is 1. The van der Waals surface area contributed by atoms with Crippen molar-refractivity contribution < 1.29 is 23.9 Å². The summed E-state index contributed by atoms with van der Waals surface area (Å²) in [5, 5.41) is 8.61. The number of ether oxygens (including phenoxy) is 1.